The van der Waals surface area contributed by atoms with Gasteiger partial charge in [-0.2, -0.15) is 13.2 Å². The number of nitrogens with zero attached hydrogens (tertiary/aromatic N) is 2. The summed E-state index contributed by atoms with van der Waals surface area (Å²) in [6.45, 7) is 6.41. The van der Waals surface area contributed by atoms with Crippen molar-refractivity contribution in [3.8, 4) is 0 Å². The third-order valence-corrected chi connectivity index (χ3v) is 4.20. The zero-order chi connectivity index (χ0) is 17.5. The molecule has 2 atom stereocenters. The second kappa shape index (κ2) is 9.44. The predicted octanol–water partition coefficient (Wildman–Crippen LogP) is 1.62. The van der Waals surface area contributed by atoms with E-state index in [1.165, 1.54) is 4.90 Å². The number of rotatable bonds is 9. The van der Waals surface area contributed by atoms with Crippen LogP contribution in [0.2, 0.25) is 0 Å². The molecule has 0 radical (unpaired) electrons. The smallest absolute Gasteiger partial charge is 0.364 e. The molecule has 2 N–H and O–H groups in total. The van der Waals surface area contributed by atoms with E-state index in [4.69, 9.17) is 10.5 Å². The summed E-state index contributed by atoms with van der Waals surface area (Å²) in [6.07, 6.45) is -4.90. The Labute approximate surface area is 135 Å². The van der Waals surface area contributed by atoms with Crippen LogP contribution < -0.4 is 5.73 Å². The first-order valence-electron chi connectivity index (χ1n) is 8.24. The van der Waals surface area contributed by atoms with Crippen molar-refractivity contribution in [3.05, 3.63) is 0 Å². The lowest BCUT2D eigenvalue weighted by atomic mass is 10.1. The lowest BCUT2D eigenvalue weighted by Gasteiger charge is -2.29. The molecule has 1 aliphatic rings. The van der Waals surface area contributed by atoms with Crippen LogP contribution in [0.15, 0.2) is 0 Å². The highest BCUT2D eigenvalue weighted by molar-refractivity contribution is 5.81. The molecule has 0 aromatic heterocycles. The summed E-state index contributed by atoms with van der Waals surface area (Å²) in [4.78, 5) is 15.8. The molecule has 1 amide bonds. The van der Waals surface area contributed by atoms with E-state index in [1.807, 2.05) is 13.8 Å². The Morgan fingerprint density at radius 1 is 1.17 bits per heavy atom. The van der Waals surface area contributed by atoms with Crippen molar-refractivity contribution in [3.63, 3.8) is 0 Å². The molecule has 0 aliphatic carbocycles. The van der Waals surface area contributed by atoms with Crippen LogP contribution in [0.5, 0.6) is 0 Å². The minimum atomic E-state index is -4.27. The Morgan fingerprint density at radius 2 is 1.83 bits per heavy atom. The monoisotopic (exact) mass is 339 g/mol. The van der Waals surface area contributed by atoms with Gasteiger partial charge in [-0.1, -0.05) is 13.8 Å². The molecule has 8 heteroatoms. The van der Waals surface area contributed by atoms with Crippen LogP contribution in [0.1, 0.15) is 33.1 Å². The van der Waals surface area contributed by atoms with Crippen molar-refractivity contribution in [2.45, 2.75) is 51.5 Å². The van der Waals surface area contributed by atoms with Crippen molar-refractivity contribution in [2.24, 2.45) is 5.73 Å². The maximum atomic E-state index is 12.5. The number of amides is 1. The minimum absolute atomic E-state index is 0.170. The maximum Gasteiger partial charge on any atom is 0.390 e. The second-order valence-corrected chi connectivity index (χ2v) is 5.78. The van der Waals surface area contributed by atoms with Crippen molar-refractivity contribution in [2.75, 3.05) is 39.3 Å². The summed E-state index contributed by atoms with van der Waals surface area (Å²) in [7, 11) is 0. The Hall–Kier alpha value is -0.860. The normalized spacial score (nSPS) is 21.9. The maximum absolute atomic E-state index is 12.5. The number of likely N-dealkylation sites (N-methyl/N-ethyl adjacent to an activating group) is 1. The molecular formula is C15H28F3N3O2. The van der Waals surface area contributed by atoms with E-state index in [-0.39, 0.29) is 25.1 Å². The molecule has 136 valence electrons. The third-order valence-electron chi connectivity index (χ3n) is 4.20. The van der Waals surface area contributed by atoms with Gasteiger partial charge in [0.2, 0.25) is 0 Å². The van der Waals surface area contributed by atoms with E-state index >= 15 is 0 Å². The average molecular weight is 339 g/mol. The van der Waals surface area contributed by atoms with Crippen molar-refractivity contribution in [1.82, 2.24) is 9.80 Å². The van der Waals surface area contributed by atoms with Crippen molar-refractivity contribution < 1.29 is 22.7 Å². The van der Waals surface area contributed by atoms with Crippen molar-refractivity contribution >= 4 is 5.91 Å². The fourth-order valence-electron chi connectivity index (χ4n) is 2.66. The van der Waals surface area contributed by atoms with E-state index < -0.39 is 18.7 Å². The molecule has 1 heterocycles. The summed E-state index contributed by atoms with van der Waals surface area (Å²) >= 11 is 0. The van der Waals surface area contributed by atoms with Gasteiger partial charge in [-0.05, 0) is 25.9 Å². The van der Waals surface area contributed by atoms with Crippen LogP contribution in [0.3, 0.4) is 0 Å². The van der Waals surface area contributed by atoms with Crippen LogP contribution in [0, 0.1) is 0 Å². The molecule has 0 aromatic rings. The van der Waals surface area contributed by atoms with Gasteiger partial charge < -0.3 is 20.3 Å². The van der Waals surface area contributed by atoms with Crippen LogP contribution in [0.4, 0.5) is 13.2 Å². The fourth-order valence-corrected chi connectivity index (χ4v) is 2.66. The van der Waals surface area contributed by atoms with Gasteiger partial charge in [-0.25, -0.2) is 0 Å². The van der Waals surface area contributed by atoms with Crippen LogP contribution >= 0.6 is 0 Å². The standard InChI is InChI=1S/C15H28F3N3O2/c1-3-20(4-2)9-10-21(8-7-15(16,17)18)14(22)13-6-5-12(11-19)23-13/h12-13H,3-11,19H2,1-2H3/t12-,13+/m1/s1. The summed E-state index contributed by atoms with van der Waals surface area (Å²) < 4.78 is 43.1. The average Bonchev–Trinajstić information content (AvgIpc) is 2.98. The molecule has 0 unspecified atom stereocenters. The van der Waals surface area contributed by atoms with Gasteiger partial charge in [0.1, 0.15) is 6.10 Å². The first kappa shape index (κ1) is 20.2. The lowest BCUT2D eigenvalue weighted by Crippen LogP contribution is -2.45. The summed E-state index contributed by atoms with van der Waals surface area (Å²) in [5.41, 5.74) is 5.52. The molecule has 1 fully saturated rings. The van der Waals surface area contributed by atoms with E-state index in [1.54, 1.807) is 0 Å². The second-order valence-electron chi connectivity index (χ2n) is 5.78. The molecule has 0 saturated carbocycles. The molecule has 1 rings (SSSR count). The molecule has 1 aliphatic heterocycles. The number of alkyl halides is 3. The SMILES string of the molecule is CCN(CC)CCN(CCC(F)(F)F)C(=O)[C@@H]1CC[C@H](CN)O1. The number of halogens is 3. The number of nitrogens with two attached hydrogens (primary N) is 1. The number of carbonyl (C=O) groups is 1. The fraction of sp³-hybridized carbons (Fsp3) is 0.933. The molecule has 1 saturated heterocycles. The molecule has 0 aromatic carbocycles. The van der Waals surface area contributed by atoms with E-state index in [2.05, 4.69) is 4.90 Å². The molecule has 0 bridgehead atoms. The van der Waals surface area contributed by atoms with Gasteiger partial charge >= 0.3 is 6.18 Å². The number of hydrogen-bond donors (Lipinski definition) is 1. The Kier molecular flexibility index (Phi) is 8.28. The molecule has 0 spiro atoms. The van der Waals surface area contributed by atoms with E-state index in [9.17, 15) is 18.0 Å². The Bertz CT molecular complexity index is 362. The molecule has 23 heavy (non-hydrogen) atoms. The van der Waals surface area contributed by atoms with Gasteiger partial charge in [0, 0.05) is 26.2 Å². The Balaban J connectivity index is 2.63. The van der Waals surface area contributed by atoms with E-state index in [0.717, 1.165) is 13.1 Å². The van der Waals surface area contributed by atoms with Crippen LogP contribution in [-0.4, -0.2) is 73.4 Å². The van der Waals surface area contributed by atoms with Gasteiger partial charge in [0.15, 0.2) is 0 Å². The summed E-state index contributed by atoms with van der Waals surface area (Å²) in [5, 5.41) is 0. The minimum Gasteiger partial charge on any atom is -0.364 e. The first-order valence-corrected chi connectivity index (χ1v) is 8.24. The number of ether oxygens (including phenoxy) is 1. The summed E-state index contributed by atoms with van der Waals surface area (Å²) in [6, 6.07) is 0. The lowest BCUT2D eigenvalue weighted by molar-refractivity contribution is -0.152. The number of carbonyl (C=O) groups excluding carboxylic acids is 1. The quantitative estimate of drug-likeness (QED) is 0.693. The highest BCUT2D eigenvalue weighted by Gasteiger charge is 2.35. The van der Waals surface area contributed by atoms with Crippen molar-refractivity contribution in [1.29, 1.82) is 0 Å². The topological polar surface area (TPSA) is 58.8 Å². The predicted molar refractivity (Wildman–Crippen MR) is 82.0 cm³/mol. The van der Waals surface area contributed by atoms with E-state index in [0.29, 0.717) is 25.9 Å². The highest BCUT2D eigenvalue weighted by atomic mass is 19.4. The number of hydrogen-bond acceptors (Lipinski definition) is 4. The first-order chi connectivity index (χ1) is 10.8. The zero-order valence-electron chi connectivity index (χ0n) is 13.9. The molecule has 5 nitrogen and oxygen atoms in total. The largest absolute Gasteiger partial charge is 0.390 e. The van der Waals surface area contributed by atoms with Crippen LogP contribution in [-0.2, 0) is 9.53 Å². The third kappa shape index (κ3) is 7.05. The van der Waals surface area contributed by atoms with Gasteiger partial charge in [-0.15, -0.1) is 0 Å². The van der Waals surface area contributed by atoms with Gasteiger partial charge in [0.25, 0.3) is 5.91 Å². The molecular weight excluding hydrogens is 311 g/mol. The summed E-state index contributed by atoms with van der Waals surface area (Å²) in [5.74, 6) is -0.350. The van der Waals surface area contributed by atoms with Crippen LogP contribution in [0.25, 0.3) is 0 Å². The highest BCUT2D eigenvalue weighted by Crippen LogP contribution is 2.23. The van der Waals surface area contributed by atoms with Gasteiger partial charge in [0.05, 0.1) is 12.5 Å². The Morgan fingerprint density at radius 3 is 2.30 bits per heavy atom. The zero-order valence-corrected chi connectivity index (χ0v) is 13.9. The van der Waals surface area contributed by atoms with Gasteiger partial charge in [-0.3, -0.25) is 4.79 Å².